The van der Waals surface area contributed by atoms with Crippen molar-refractivity contribution in [1.82, 2.24) is 5.43 Å². The molecule has 0 radical (unpaired) electrons. The molecule has 0 aliphatic heterocycles. The Morgan fingerprint density at radius 3 is 2.64 bits per heavy atom. The lowest BCUT2D eigenvalue weighted by Crippen LogP contribution is -2.24. The van der Waals surface area contributed by atoms with Gasteiger partial charge in [0, 0.05) is 10.6 Å². The van der Waals surface area contributed by atoms with Gasteiger partial charge in [-0.1, -0.05) is 23.2 Å². The molecule has 144 valence electrons. The summed E-state index contributed by atoms with van der Waals surface area (Å²) in [6, 6.07) is 15.6. The molecular formula is C20H16Cl2N2O4. The number of rotatable bonds is 7. The number of nitrogens with zero attached hydrogens (tertiary/aromatic N) is 1. The molecule has 8 heteroatoms. The van der Waals surface area contributed by atoms with Crippen LogP contribution in [0, 0.1) is 0 Å². The molecule has 1 amide bonds. The first kappa shape index (κ1) is 19.8. The summed E-state index contributed by atoms with van der Waals surface area (Å²) >= 11 is 11.9. The summed E-state index contributed by atoms with van der Waals surface area (Å²) in [6.45, 7) is -0.174. The Kier molecular flexibility index (Phi) is 6.57. The molecule has 0 atom stereocenters. The fourth-order valence-corrected chi connectivity index (χ4v) is 2.66. The van der Waals surface area contributed by atoms with Gasteiger partial charge in [-0.15, -0.1) is 0 Å². The van der Waals surface area contributed by atoms with Crippen LogP contribution < -0.4 is 14.9 Å². The summed E-state index contributed by atoms with van der Waals surface area (Å²) < 4.78 is 16.1. The summed E-state index contributed by atoms with van der Waals surface area (Å²) in [7, 11) is 1.55. The number of hydrogen-bond donors (Lipinski definition) is 1. The minimum atomic E-state index is -0.403. The van der Waals surface area contributed by atoms with Crippen molar-refractivity contribution in [2.45, 2.75) is 0 Å². The molecular weight excluding hydrogens is 403 g/mol. The number of carbonyl (C=O) groups is 1. The minimum absolute atomic E-state index is 0.174. The number of hydrogen-bond acceptors (Lipinski definition) is 5. The van der Waals surface area contributed by atoms with Crippen LogP contribution in [0.25, 0.3) is 11.3 Å². The van der Waals surface area contributed by atoms with E-state index in [1.807, 2.05) is 6.07 Å². The first-order valence-electron chi connectivity index (χ1n) is 8.19. The molecule has 0 fully saturated rings. The number of benzene rings is 2. The number of amides is 1. The molecule has 1 aromatic heterocycles. The smallest absolute Gasteiger partial charge is 0.277 e. The predicted molar refractivity (Wildman–Crippen MR) is 108 cm³/mol. The van der Waals surface area contributed by atoms with Crippen LogP contribution in [-0.4, -0.2) is 25.8 Å². The molecule has 0 bridgehead atoms. The van der Waals surface area contributed by atoms with Gasteiger partial charge in [0.1, 0.15) is 23.0 Å². The average Bonchev–Trinajstić information content (AvgIpc) is 3.16. The zero-order valence-corrected chi connectivity index (χ0v) is 16.3. The topological polar surface area (TPSA) is 73.1 Å². The van der Waals surface area contributed by atoms with E-state index in [4.69, 9.17) is 37.1 Å². The van der Waals surface area contributed by atoms with E-state index in [9.17, 15) is 4.79 Å². The van der Waals surface area contributed by atoms with Crippen molar-refractivity contribution in [2.75, 3.05) is 13.7 Å². The van der Waals surface area contributed by atoms with Crippen molar-refractivity contribution in [3.8, 4) is 22.8 Å². The number of carbonyl (C=O) groups excluding carboxylic acids is 1. The number of furan rings is 1. The number of ether oxygens (including phenoxy) is 2. The third-order valence-electron chi connectivity index (χ3n) is 3.63. The van der Waals surface area contributed by atoms with Gasteiger partial charge in [0.05, 0.1) is 18.3 Å². The maximum Gasteiger partial charge on any atom is 0.277 e. The Morgan fingerprint density at radius 2 is 1.93 bits per heavy atom. The van der Waals surface area contributed by atoms with Crippen LogP contribution in [0.1, 0.15) is 5.76 Å². The number of nitrogens with one attached hydrogen (secondary N) is 1. The molecule has 6 nitrogen and oxygen atoms in total. The van der Waals surface area contributed by atoms with Gasteiger partial charge < -0.3 is 13.9 Å². The van der Waals surface area contributed by atoms with Crippen molar-refractivity contribution in [3.05, 3.63) is 70.4 Å². The van der Waals surface area contributed by atoms with E-state index >= 15 is 0 Å². The summed E-state index contributed by atoms with van der Waals surface area (Å²) in [5.41, 5.74) is 3.16. The molecule has 0 saturated carbocycles. The first-order valence-corrected chi connectivity index (χ1v) is 8.95. The van der Waals surface area contributed by atoms with Gasteiger partial charge in [-0.2, -0.15) is 5.10 Å². The lowest BCUT2D eigenvalue weighted by Gasteiger charge is -2.04. The van der Waals surface area contributed by atoms with E-state index in [0.717, 1.165) is 5.56 Å². The van der Waals surface area contributed by atoms with Gasteiger partial charge >= 0.3 is 0 Å². The molecule has 0 spiro atoms. The quantitative estimate of drug-likeness (QED) is 0.442. The van der Waals surface area contributed by atoms with Crippen LogP contribution in [0.5, 0.6) is 11.5 Å². The second kappa shape index (κ2) is 9.30. The van der Waals surface area contributed by atoms with Crippen LogP contribution >= 0.6 is 23.2 Å². The van der Waals surface area contributed by atoms with Crippen molar-refractivity contribution in [3.63, 3.8) is 0 Å². The normalized spacial score (nSPS) is 10.8. The van der Waals surface area contributed by atoms with Gasteiger partial charge in [0.2, 0.25) is 0 Å². The van der Waals surface area contributed by atoms with E-state index in [2.05, 4.69) is 10.5 Å². The summed E-state index contributed by atoms with van der Waals surface area (Å²) in [6.07, 6.45) is 1.40. The SMILES string of the molecule is COc1ccc(-c2ccc(/C=N/NC(=O)COc3ccc(Cl)cc3)o2)cc1Cl. The van der Waals surface area contributed by atoms with Crippen molar-refractivity contribution < 1.29 is 18.7 Å². The monoisotopic (exact) mass is 418 g/mol. The Hall–Kier alpha value is -2.96. The minimum Gasteiger partial charge on any atom is -0.495 e. The Balaban J connectivity index is 1.53. The van der Waals surface area contributed by atoms with Gasteiger partial charge in [-0.05, 0) is 54.6 Å². The summed E-state index contributed by atoms with van der Waals surface area (Å²) in [5.74, 6) is 1.81. The molecule has 0 aliphatic carbocycles. The third kappa shape index (κ3) is 5.28. The second-order valence-electron chi connectivity index (χ2n) is 5.59. The van der Waals surface area contributed by atoms with Crippen LogP contribution in [0.3, 0.4) is 0 Å². The standard InChI is InChI=1S/C20H16Cl2N2O4/c1-26-19-8-2-13(10-17(19)22)18-9-7-16(28-18)11-23-24-20(25)12-27-15-5-3-14(21)4-6-15/h2-11H,12H2,1H3,(H,24,25)/b23-11+. The molecule has 0 unspecified atom stereocenters. The molecule has 1 N–H and O–H groups in total. The predicted octanol–water partition coefficient (Wildman–Crippen LogP) is 4.79. The summed E-state index contributed by atoms with van der Waals surface area (Å²) in [4.78, 5) is 11.8. The highest BCUT2D eigenvalue weighted by molar-refractivity contribution is 6.32. The Labute approximate surface area is 171 Å². The zero-order chi connectivity index (χ0) is 19.9. The van der Waals surface area contributed by atoms with Gasteiger partial charge in [-0.25, -0.2) is 5.43 Å². The number of methoxy groups -OCH3 is 1. The van der Waals surface area contributed by atoms with Crippen LogP contribution in [0.15, 0.2) is 64.1 Å². The van der Waals surface area contributed by atoms with E-state index in [1.54, 1.807) is 55.6 Å². The van der Waals surface area contributed by atoms with Crippen LogP contribution in [0.4, 0.5) is 0 Å². The number of halogens is 2. The van der Waals surface area contributed by atoms with Gasteiger partial charge in [-0.3, -0.25) is 4.79 Å². The highest BCUT2D eigenvalue weighted by Crippen LogP contribution is 2.30. The maximum absolute atomic E-state index is 11.8. The third-order valence-corrected chi connectivity index (χ3v) is 4.18. The van der Waals surface area contributed by atoms with Crippen LogP contribution in [-0.2, 0) is 4.79 Å². The highest BCUT2D eigenvalue weighted by atomic mass is 35.5. The second-order valence-corrected chi connectivity index (χ2v) is 6.43. The molecule has 0 aliphatic rings. The Morgan fingerprint density at radius 1 is 1.14 bits per heavy atom. The number of hydrazone groups is 1. The summed E-state index contributed by atoms with van der Waals surface area (Å²) in [5, 5.41) is 4.93. The fraction of sp³-hybridized carbons (Fsp3) is 0.100. The van der Waals surface area contributed by atoms with E-state index in [0.29, 0.717) is 33.1 Å². The molecule has 3 rings (SSSR count). The molecule has 0 saturated heterocycles. The Bertz CT molecular complexity index is 984. The largest absolute Gasteiger partial charge is 0.495 e. The highest BCUT2D eigenvalue weighted by Gasteiger charge is 2.08. The first-order chi connectivity index (χ1) is 13.5. The molecule has 1 heterocycles. The fourth-order valence-electron chi connectivity index (χ4n) is 2.28. The van der Waals surface area contributed by atoms with Gasteiger partial charge in [0.25, 0.3) is 5.91 Å². The van der Waals surface area contributed by atoms with Crippen molar-refractivity contribution in [2.24, 2.45) is 5.10 Å². The molecule has 3 aromatic rings. The lowest BCUT2D eigenvalue weighted by molar-refractivity contribution is -0.123. The van der Waals surface area contributed by atoms with E-state index in [-0.39, 0.29) is 6.61 Å². The zero-order valence-electron chi connectivity index (χ0n) is 14.8. The van der Waals surface area contributed by atoms with Gasteiger partial charge in [0.15, 0.2) is 6.61 Å². The van der Waals surface area contributed by atoms with E-state index in [1.165, 1.54) is 6.21 Å². The van der Waals surface area contributed by atoms with Crippen molar-refractivity contribution >= 4 is 35.3 Å². The van der Waals surface area contributed by atoms with E-state index < -0.39 is 5.91 Å². The lowest BCUT2D eigenvalue weighted by atomic mass is 10.2. The average molecular weight is 419 g/mol. The maximum atomic E-state index is 11.8. The van der Waals surface area contributed by atoms with Crippen molar-refractivity contribution in [1.29, 1.82) is 0 Å². The van der Waals surface area contributed by atoms with Crippen LogP contribution in [0.2, 0.25) is 10.0 Å². The molecule has 28 heavy (non-hydrogen) atoms. The molecule has 2 aromatic carbocycles.